The molecule has 2 aromatic carbocycles. The lowest BCUT2D eigenvalue weighted by Crippen LogP contribution is -2.14. The van der Waals surface area contributed by atoms with Crippen LogP contribution in [0.1, 0.15) is 11.6 Å². The summed E-state index contributed by atoms with van der Waals surface area (Å²) in [6.45, 7) is 0.0627. The summed E-state index contributed by atoms with van der Waals surface area (Å²) in [5, 5.41) is 16.4. The molecule has 1 aromatic heterocycles. The van der Waals surface area contributed by atoms with Crippen molar-refractivity contribution in [1.82, 2.24) is 0 Å². The van der Waals surface area contributed by atoms with Crippen molar-refractivity contribution in [2.75, 3.05) is 11.9 Å². The van der Waals surface area contributed by atoms with E-state index < -0.39 is 0 Å². The highest BCUT2D eigenvalue weighted by molar-refractivity contribution is 9.10. The monoisotopic (exact) mass is 347 g/mol. The lowest BCUT2D eigenvalue weighted by atomic mass is 10.1. The minimum Gasteiger partial charge on any atom is -0.394 e. The Morgan fingerprint density at radius 1 is 1.15 bits per heavy atom. The van der Waals surface area contributed by atoms with E-state index in [4.69, 9.17) is 0 Å². The van der Waals surface area contributed by atoms with Gasteiger partial charge in [0.25, 0.3) is 0 Å². The number of thiophene rings is 1. The number of anilines is 1. The Bertz CT molecular complexity index is 725. The van der Waals surface area contributed by atoms with Gasteiger partial charge in [-0.2, -0.15) is 0 Å². The van der Waals surface area contributed by atoms with Crippen LogP contribution in [0.3, 0.4) is 0 Å². The fourth-order valence-electron chi connectivity index (χ4n) is 2.27. The lowest BCUT2D eigenvalue weighted by molar-refractivity contribution is 0.277. The van der Waals surface area contributed by atoms with Crippen LogP contribution < -0.4 is 5.32 Å². The Hall–Kier alpha value is -1.36. The van der Waals surface area contributed by atoms with Crippen LogP contribution in [-0.4, -0.2) is 11.7 Å². The fraction of sp³-hybridized carbons (Fsp3) is 0.125. The third kappa shape index (κ3) is 2.73. The van der Waals surface area contributed by atoms with Gasteiger partial charge in [-0.05, 0) is 40.6 Å². The van der Waals surface area contributed by atoms with Gasteiger partial charge in [0.2, 0.25) is 0 Å². The number of aliphatic hydroxyl groups excluding tert-OH is 1. The molecule has 0 radical (unpaired) electrons. The maximum Gasteiger partial charge on any atom is 0.0759 e. The van der Waals surface area contributed by atoms with Gasteiger partial charge in [0, 0.05) is 14.9 Å². The standard InChI is InChI=1S/C16H14BrNOS/c17-11-4-3-5-12(8-11)18-15(9-19)14-10-20-16-7-2-1-6-13(14)16/h1-8,10,15,18-19H,9H2. The number of nitrogens with one attached hydrogen (secondary N) is 1. The molecule has 0 aliphatic heterocycles. The van der Waals surface area contributed by atoms with Gasteiger partial charge in [-0.25, -0.2) is 0 Å². The zero-order chi connectivity index (χ0) is 13.9. The first kappa shape index (κ1) is 13.6. The summed E-state index contributed by atoms with van der Waals surface area (Å²) in [5.74, 6) is 0. The number of halogens is 1. The maximum atomic E-state index is 9.72. The van der Waals surface area contributed by atoms with Gasteiger partial charge in [-0.3, -0.25) is 0 Å². The molecule has 0 saturated carbocycles. The third-order valence-electron chi connectivity index (χ3n) is 3.23. The summed E-state index contributed by atoms with van der Waals surface area (Å²) < 4.78 is 2.27. The van der Waals surface area contributed by atoms with E-state index in [1.54, 1.807) is 11.3 Å². The zero-order valence-electron chi connectivity index (χ0n) is 10.7. The first-order valence-electron chi connectivity index (χ1n) is 6.37. The first-order chi connectivity index (χ1) is 9.78. The molecule has 102 valence electrons. The molecule has 3 rings (SSSR count). The average molecular weight is 348 g/mol. The van der Waals surface area contributed by atoms with Crippen LogP contribution >= 0.6 is 27.3 Å². The number of rotatable bonds is 4. The van der Waals surface area contributed by atoms with Crippen LogP contribution in [0.25, 0.3) is 10.1 Å². The molecule has 3 aromatic rings. The summed E-state index contributed by atoms with van der Waals surface area (Å²) in [6.07, 6.45) is 0. The molecule has 0 saturated heterocycles. The van der Waals surface area contributed by atoms with Crippen LogP contribution in [0.15, 0.2) is 58.4 Å². The second-order valence-electron chi connectivity index (χ2n) is 4.58. The van der Waals surface area contributed by atoms with Crippen LogP contribution in [0.2, 0.25) is 0 Å². The van der Waals surface area contributed by atoms with Gasteiger partial charge in [-0.15, -0.1) is 11.3 Å². The molecule has 0 aliphatic carbocycles. The van der Waals surface area contributed by atoms with E-state index in [2.05, 4.69) is 38.8 Å². The van der Waals surface area contributed by atoms with Gasteiger partial charge in [0.1, 0.15) is 0 Å². The van der Waals surface area contributed by atoms with Crippen molar-refractivity contribution in [2.45, 2.75) is 6.04 Å². The van der Waals surface area contributed by atoms with Crippen molar-refractivity contribution in [2.24, 2.45) is 0 Å². The van der Waals surface area contributed by atoms with Crippen LogP contribution in [0.4, 0.5) is 5.69 Å². The predicted octanol–water partition coefficient (Wildman–Crippen LogP) is 4.81. The molecule has 1 heterocycles. The molecule has 0 spiro atoms. The molecule has 0 amide bonds. The number of benzene rings is 2. The van der Waals surface area contributed by atoms with E-state index in [0.717, 1.165) is 15.7 Å². The second-order valence-corrected chi connectivity index (χ2v) is 6.40. The molecule has 1 atom stereocenters. The van der Waals surface area contributed by atoms with Crippen LogP contribution in [-0.2, 0) is 0 Å². The van der Waals surface area contributed by atoms with Crippen molar-refractivity contribution >= 4 is 43.0 Å². The SMILES string of the molecule is OCC(Nc1cccc(Br)c1)c1csc2ccccc12. The summed E-state index contributed by atoms with van der Waals surface area (Å²) in [7, 11) is 0. The van der Waals surface area contributed by atoms with Crippen molar-refractivity contribution in [1.29, 1.82) is 0 Å². The average Bonchev–Trinajstić information content (AvgIpc) is 2.89. The van der Waals surface area contributed by atoms with E-state index in [-0.39, 0.29) is 12.6 Å². The van der Waals surface area contributed by atoms with Crippen molar-refractivity contribution in [3.05, 3.63) is 63.9 Å². The van der Waals surface area contributed by atoms with Gasteiger partial charge in [0.05, 0.1) is 12.6 Å². The quantitative estimate of drug-likeness (QED) is 0.709. The Morgan fingerprint density at radius 3 is 2.80 bits per heavy atom. The van der Waals surface area contributed by atoms with Gasteiger partial charge in [0.15, 0.2) is 0 Å². The second kappa shape index (κ2) is 5.95. The number of aliphatic hydroxyl groups is 1. The number of hydrogen-bond acceptors (Lipinski definition) is 3. The topological polar surface area (TPSA) is 32.3 Å². The summed E-state index contributed by atoms with van der Waals surface area (Å²) in [4.78, 5) is 0. The Morgan fingerprint density at radius 2 is 2.00 bits per heavy atom. The summed E-state index contributed by atoms with van der Waals surface area (Å²) in [5.41, 5.74) is 2.14. The van der Waals surface area contributed by atoms with Crippen molar-refractivity contribution in [3.8, 4) is 0 Å². The molecule has 4 heteroatoms. The van der Waals surface area contributed by atoms with E-state index >= 15 is 0 Å². The minimum atomic E-state index is -0.0968. The Labute approximate surface area is 130 Å². The Balaban J connectivity index is 1.93. The highest BCUT2D eigenvalue weighted by Gasteiger charge is 2.14. The summed E-state index contributed by atoms with van der Waals surface area (Å²) in [6, 6.07) is 16.2. The van der Waals surface area contributed by atoms with Gasteiger partial charge < -0.3 is 10.4 Å². The first-order valence-corrected chi connectivity index (χ1v) is 8.04. The molecule has 1 unspecified atom stereocenters. The molecule has 2 N–H and O–H groups in total. The summed E-state index contributed by atoms with van der Waals surface area (Å²) >= 11 is 5.17. The zero-order valence-corrected chi connectivity index (χ0v) is 13.1. The lowest BCUT2D eigenvalue weighted by Gasteiger charge is -2.17. The smallest absolute Gasteiger partial charge is 0.0759 e. The van der Waals surface area contributed by atoms with Crippen LogP contribution in [0.5, 0.6) is 0 Å². The number of fused-ring (bicyclic) bond motifs is 1. The molecule has 2 nitrogen and oxygen atoms in total. The number of hydrogen-bond donors (Lipinski definition) is 2. The fourth-order valence-corrected chi connectivity index (χ4v) is 3.68. The van der Waals surface area contributed by atoms with Gasteiger partial charge >= 0.3 is 0 Å². The predicted molar refractivity (Wildman–Crippen MR) is 89.4 cm³/mol. The van der Waals surface area contributed by atoms with E-state index in [1.807, 2.05) is 36.4 Å². The minimum absolute atomic E-state index is 0.0627. The molecule has 20 heavy (non-hydrogen) atoms. The Kier molecular flexibility index (Phi) is 4.05. The molecular formula is C16H14BrNOS. The molecule has 0 bridgehead atoms. The molecule has 0 aliphatic rings. The van der Waals surface area contributed by atoms with E-state index in [9.17, 15) is 5.11 Å². The highest BCUT2D eigenvalue weighted by Crippen LogP contribution is 2.32. The maximum absolute atomic E-state index is 9.72. The third-order valence-corrected chi connectivity index (χ3v) is 4.71. The largest absolute Gasteiger partial charge is 0.394 e. The van der Waals surface area contributed by atoms with Gasteiger partial charge in [-0.1, -0.05) is 40.2 Å². The van der Waals surface area contributed by atoms with Crippen LogP contribution in [0, 0.1) is 0 Å². The van der Waals surface area contributed by atoms with Crippen molar-refractivity contribution < 1.29 is 5.11 Å². The highest BCUT2D eigenvalue weighted by atomic mass is 79.9. The molecule has 0 fully saturated rings. The normalized spacial score (nSPS) is 12.5. The van der Waals surface area contributed by atoms with E-state index in [0.29, 0.717) is 0 Å². The molecular weight excluding hydrogens is 334 g/mol. The van der Waals surface area contributed by atoms with E-state index in [1.165, 1.54) is 10.1 Å². The van der Waals surface area contributed by atoms with Crippen molar-refractivity contribution in [3.63, 3.8) is 0 Å².